The van der Waals surface area contributed by atoms with Crippen LogP contribution in [0, 0.1) is 6.92 Å². The molecule has 0 amide bonds. The molecule has 0 radical (unpaired) electrons. The van der Waals surface area contributed by atoms with Crippen LogP contribution in [0.15, 0.2) is 23.1 Å². The van der Waals surface area contributed by atoms with Crippen molar-refractivity contribution in [2.24, 2.45) is 0 Å². The molecule has 0 aromatic heterocycles. The summed E-state index contributed by atoms with van der Waals surface area (Å²) in [4.78, 5) is 0.220. The number of anilines is 1. The lowest BCUT2D eigenvalue weighted by Gasteiger charge is -2.34. The molecule has 1 aliphatic rings. The largest absolute Gasteiger partial charge is 0.399 e. The molecule has 1 aliphatic heterocycles. The summed E-state index contributed by atoms with van der Waals surface area (Å²) in [7, 11) is -3.55. The number of hydrogen-bond donors (Lipinski definition) is 2. The summed E-state index contributed by atoms with van der Waals surface area (Å²) in [5, 5.41) is 0. The van der Waals surface area contributed by atoms with E-state index in [-0.39, 0.29) is 4.90 Å². The molecule has 1 aromatic carbocycles. The van der Waals surface area contributed by atoms with E-state index in [1.807, 2.05) is 13.8 Å². The Morgan fingerprint density at radius 3 is 2.47 bits per heavy atom. The van der Waals surface area contributed by atoms with Gasteiger partial charge in [0.2, 0.25) is 10.0 Å². The van der Waals surface area contributed by atoms with E-state index in [1.54, 1.807) is 12.1 Å². The highest BCUT2D eigenvalue weighted by Crippen LogP contribution is 2.24. The van der Waals surface area contributed by atoms with Crippen LogP contribution < -0.4 is 10.5 Å². The van der Waals surface area contributed by atoms with Gasteiger partial charge in [0.25, 0.3) is 0 Å². The summed E-state index contributed by atoms with van der Waals surface area (Å²) >= 11 is 0. The van der Waals surface area contributed by atoms with Crippen LogP contribution in [0.1, 0.15) is 25.3 Å². The minimum atomic E-state index is -3.55. The first-order valence-corrected chi connectivity index (χ1v) is 7.78. The molecule has 1 fully saturated rings. The van der Waals surface area contributed by atoms with Gasteiger partial charge in [0.1, 0.15) is 0 Å². The molecule has 6 heteroatoms. The smallest absolute Gasteiger partial charge is 0.241 e. The molecule has 1 aromatic rings. The summed E-state index contributed by atoms with van der Waals surface area (Å²) in [5.41, 5.74) is 6.55. The van der Waals surface area contributed by atoms with Crippen LogP contribution in [0.2, 0.25) is 0 Å². The van der Waals surface area contributed by atoms with Crippen molar-refractivity contribution in [3.05, 3.63) is 23.8 Å². The molecular formula is C13H20N2O3S. The molecule has 2 rings (SSSR count). The summed E-state index contributed by atoms with van der Waals surface area (Å²) in [6.45, 7) is 4.89. The molecule has 1 saturated heterocycles. The molecular weight excluding hydrogens is 264 g/mol. The van der Waals surface area contributed by atoms with E-state index in [1.165, 1.54) is 6.07 Å². The van der Waals surface area contributed by atoms with Crippen molar-refractivity contribution in [3.63, 3.8) is 0 Å². The van der Waals surface area contributed by atoms with E-state index in [0.717, 1.165) is 5.56 Å². The fourth-order valence-corrected chi connectivity index (χ4v) is 3.84. The molecule has 0 saturated carbocycles. The molecule has 0 aliphatic carbocycles. The third-order valence-electron chi connectivity index (χ3n) is 3.36. The van der Waals surface area contributed by atoms with E-state index in [9.17, 15) is 8.42 Å². The van der Waals surface area contributed by atoms with Gasteiger partial charge in [-0.05, 0) is 50.5 Å². The Balaban J connectivity index is 2.27. The van der Waals surface area contributed by atoms with E-state index in [2.05, 4.69) is 4.72 Å². The molecule has 3 N–H and O–H groups in total. The first-order valence-electron chi connectivity index (χ1n) is 6.30. The zero-order valence-corrected chi connectivity index (χ0v) is 12.1. The summed E-state index contributed by atoms with van der Waals surface area (Å²) in [5.74, 6) is 0. The highest BCUT2D eigenvalue weighted by molar-refractivity contribution is 7.89. The van der Waals surface area contributed by atoms with Crippen LogP contribution >= 0.6 is 0 Å². The highest BCUT2D eigenvalue weighted by atomic mass is 32.2. The number of sulfonamides is 1. The Bertz CT molecular complexity index is 543. The number of nitrogens with two attached hydrogens (primary N) is 1. The van der Waals surface area contributed by atoms with Crippen LogP contribution in [0.25, 0.3) is 0 Å². The zero-order chi connectivity index (χ0) is 14.1. The van der Waals surface area contributed by atoms with Gasteiger partial charge < -0.3 is 10.5 Å². The zero-order valence-electron chi connectivity index (χ0n) is 11.3. The highest BCUT2D eigenvalue weighted by Gasteiger charge is 2.32. The molecule has 0 unspecified atom stereocenters. The predicted molar refractivity (Wildman–Crippen MR) is 74.4 cm³/mol. The number of rotatable bonds is 3. The van der Waals surface area contributed by atoms with Crippen molar-refractivity contribution in [2.45, 2.75) is 37.1 Å². The predicted octanol–water partition coefficient (Wildman–Crippen LogP) is 1.42. The van der Waals surface area contributed by atoms with Crippen LogP contribution in [-0.2, 0) is 14.8 Å². The van der Waals surface area contributed by atoms with Crippen LogP contribution in [0.4, 0.5) is 5.69 Å². The molecule has 0 spiro atoms. The average molecular weight is 284 g/mol. The van der Waals surface area contributed by atoms with Crippen molar-refractivity contribution < 1.29 is 13.2 Å². The Kier molecular flexibility index (Phi) is 3.85. The van der Waals surface area contributed by atoms with Crippen molar-refractivity contribution in [2.75, 3.05) is 18.9 Å². The van der Waals surface area contributed by atoms with Gasteiger partial charge in [0.15, 0.2) is 0 Å². The minimum Gasteiger partial charge on any atom is -0.399 e. The number of nitrogen functional groups attached to an aromatic ring is 1. The Morgan fingerprint density at radius 2 is 1.89 bits per heavy atom. The maximum Gasteiger partial charge on any atom is 0.241 e. The number of ether oxygens (including phenoxy) is 1. The first-order chi connectivity index (χ1) is 8.81. The van der Waals surface area contributed by atoms with Crippen LogP contribution in [0.3, 0.4) is 0 Å². The van der Waals surface area contributed by atoms with E-state index < -0.39 is 15.6 Å². The Morgan fingerprint density at radius 1 is 1.26 bits per heavy atom. The van der Waals surface area contributed by atoms with Crippen molar-refractivity contribution >= 4 is 15.7 Å². The maximum absolute atomic E-state index is 12.4. The van der Waals surface area contributed by atoms with Gasteiger partial charge in [-0.25, -0.2) is 13.1 Å². The minimum absolute atomic E-state index is 0.220. The number of nitrogens with one attached hydrogen (secondary N) is 1. The van der Waals surface area contributed by atoms with Gasteiger partial charge in [0.05, 0.1) is 4.90 Å². The molecule has 106 valence electrons. The second-order valence-corrected chi connectivity index (χ2v) is 7.04. The lowest BCUT2D eigenvalue weighted by Crippen LogP contribution is -2.49. The normalized spacial score (nSPS) is 19.3. The van der Waals surface area contributed by atoms with Crippen molar-refractivity contribution in [1.29, 1.82) is 0 Å². The van der Waals surface area contributed by atoms with E-state index >= 15 is 0 Å². The molecule has 0 bridgehead atoms. The number of benzene rings is 1. The monoisotopic (exact) mass is 284 g/mol. The van der Waals surface area contributed by atoms with Crippen molar-refractivity contribution in [1.82, 2.24) is 4.72 Å². The van der Waals surface area contributed by atoms with Crippen LogP contribution in [0.5, 0.6) is 0 Å². The summed E-state index contributed by atoms with van der Waals surface area (Å²) in [6, 6.07) is 4.86. The standard InChI is InChI=1S/C13H20N2O3S/c1-10-7-11(14)9-12(8-10)19(16,17)15-13(2)3-5-18-6-4-13/h7-9,15H,3-6,14H2,1-2H3. The van der Waals surface area contributed by atoms with Crippen LogP contribution in [-0.4, -0.2) is 27.2 Å². The fraction of sp³-hybridized carbons (Fsp3) is 0.538. The third kappa shape index (κ3) is 3.46. The van der Waals surface area contributed by atoms with Gasteiger partial charge in [0, 0.05) is 24.4 Å². The second kappa shape index (κ2) is 5.11. The molecule has 1 heterocycles. The lowest BCUT2D eigenvalue weighted by molar-refractivity contribution is 0.0537. The quantitative estimate of drug-likeness (QED) is 0.823. The van der Waals surface area contributed by atoms with Crippen molar-refractivity contribution in [3.8, 4) is 0 Å². The average Bonchev–Trinajstić information content (AvgIpc) is 2.27. The van der Waals surface area contributed by atoms with Gasteiger partial charge in [-0.15, -0.1) is 0 Å². The maximum atomic E-state index is 12.4. The Hall–Kier alpha value is -1.11. The van der Waals surface area contributed by atoms with Gasteiger partial charge in [-0.3, -0.25) is 0 Å². The topological polar surface area (TPSA) is 81.4 Å². The fourth-order valence-electron chi connectivity index (χ4n) is 2.24. The summed E-state index contributed by atoms with van der Waals surface area (Å²) in [6.07, 6.45) is 1.35. The molecule has 5 nitrogen and oxygen atoms in total. The van der Waals surface area contributed by atoms with Gasteiger partial charge in [-0.1, -0.05) is 0 Å². The first kappa shape index (κ1) is 14.3. The van der Waals surface area contributed by atoms with E-state index in [4.69, 9.17) is 10.5 Å². The lowest BCUT2D eigenvalue weighted by atomic mass is 9.94. The van der Waals surface area contributed by atoms with Gasteiger partial charge >= 0.3 is 0 Å². The SMILES string of the molecule is Cc1cc(N)cc(S(=O)(=O)NC2(C)CCOCC2)c1. The second-order valence-electron chi connectivity index (χ2n) is 5.36. The Labute approximate surface area is 114 Å². The molecule has 19 heavy (non-hydrogen) atoms. The molecule has 0 atom stereocenters. The number of aryl methyl sites for hydroxylation is 1. The number of hydrogen-bond acceptors (Lipinski definition) is 4. The summed E-state index contributed by atoms with van der Waals surface area (Å²) < 4.78 is 32.9. The van der Waals surface area contributed by atoms with Gasteiger partial charge in [-0.2, -0.15) is 0 Å². The van der Waals surface area contributed by atoms with E-state index in [0.29, 0.717) is 31.7 Å². The third-order valence-corrected chi connectivity index (χ3v) is 4.98.